The van der Waals surface area contributed by atoms with Gasteiger partial charge in [-0.05, 0) is 24.5 Å². The van der Waals surface area contributed by atoms with Crippen molar-refractivity contribution in [3.63, 3.8) is 0 Å². The van der Waals surface area contributed by atoms with Gasteiger partial charge in [-0.25, -0.2) is 4.98 Å². The lowest BCUT2D eigenvalue weighted by atomic mass is 10.1. The van der Waals surface area contributed by atoms with E-state index in [-0.39, 0.29) is 0 Å². The predicted octanol–water partition coefficient (Wildman–Crippen LogP) is 3.45. The molecule has 67 valence electrons. The van der Waals surface area contributed by atoms with Crippen LogP contribution < -0.4 is 0 Å². The number of nitrogens with zero attached hydrogens (tertiary/aromatic N) is 1. The molecule has 0 saturated heterocycles. The zero-order valence-electron chi connectivity index (χ0n) is 7.49. The molecule has 0 aliphatic carbocycles. The molecule has 1 aromatic carbocycles. The Kier molecular flexibility index (Phi) is 2.60. The Bertz CT molecular complexity index is 392. The van der Waals surface area contributed by atoms with Gasteiger partial charge in [0.1, 0.15) is 0 Å². The zero-order valence-corrected chi connectivity index (χ0v) is 8.31. The molecule has 2 heteroatoms. The van der Waals surface area contributed by atoms with Crippen LogP contribution in [0.5, 0.6) is 0 Å². The summed E-state index contributed by atoms with van der Waals surface area (Å²) in [7, 11) is 0. The van der Waals surface area contributed by atoms with Crippen molar-refractivity contribution in [2.45, 2.75) is 19.3 Å². The fourth-order valence-electron chi connectivity index (χ4n) is 1.46. The molecule has 0 atom stereocenters. The molecule has 13 heavy (non-hydrogen) atoms. The fraction of sp³-hybridized carbons (Fsp3) is 0.273. The van der Waals surface area contributed by atoms with E-state index in [1.54, 1.807) is 11.3 Å². The highest BCUT2D eigenvalue weighted by Crippen LogP contribution is 2.23. The second-order valence-corrected chi connectivity index (χ2v) is 3.93. The van der Waals surface area contributed by atoms with Crippen LogP contribution in [-0.2, 0) is 6.42 Å². The number of aromatic nitrogens is 1. The van der Waals surface area contributed by atoms with Crippen LogP contribution in [0.25, 0.3) is 10.2 Å². The van der Waals surface area contributed by atoms with Gasteiger partial charge >= 0.3 is 0 Å². The highest BCUT2D eigenvalue weighted by Gasteiger charge is 2.01. The molecule has 1 nitrogen and oxygen atoms in total. The summed E-state index contributed by atoms with van der Waals surface area (Å²) in [6.45, 7) is 3.86. The monoisotopic (exact) mass is 190 g/mol. The number of aryl methyl sites for hydroxylation is 1. The summed E-state index contributed by atoms with van der Waals surface area (Å²) in [5, 5.41) is 0. The summed E-state index contributed by atoms with van der Waals surface area (Å²) in [6, 6.07) is 6.34. The third kappa shape index (κ3) is 1.73. The molecule has 1 aromatic heterocycles. The van der Waals surface area contributed by atoms with E-state index in [4.69, 9.17) is 0 Å². The van der Waals surface area contributed by atoms with Crippen molar-refractivity contribution < 1.29 is 0 Å². The van der Waals surface area contributed by atoms with Gasteiger partial charge < -0.3 is 0 Å². The quantitative estimate of drug-likeness (QED) is 0.722. The van der Waals surface area contributed by atoms with Crippen LogP contribution in [0.15, 0.2) is 23.7 Å². The van der Waals surface area contributed by atoms with Crippen molar-refractivity contribution in [3.05, 3.63) is 36.2 Å². The van der Waals surface area contributed by atoms with Crippen LogP contribution in [0, 0.1) is 6.92 Å². The Morgan fingerprint density at radius 1 is 1.38 bits per heavy atom. The molecule has 1 heterocycles. The summed E-state index contributed by atoms with van der Waals surface area (Å²) in [5.41, 5.74) is 4.47. The maximum absolute atomic E-state index is 4.29. The minimum atomic E-state index is 1.01. The normalized spacial score (nSPS) is 10.8. The molecule has 0 fully saturated rings. The number of thiazole rings is 1. The number of fused-ring (bicyclic) bond motifs is 1. The number of unbranched alkanes of at least 4 members (excludes halogenated alkanes) is 1. The van der Waals surface area contributed by atoms with Crippen LogP contribution in [0.2, 0.25) is 0 Å². The van der Waals surface area contributed by atoms with Gasteiger partial charge in [0, 0.05) is 0 Å². The van der Waals surface area contributed by atoms with Gasteiger partial charge in [-0.2, -0.15) is 0 Å². The number of hydrogen-bond acceptors (Lipinski definition) is 2. The lowest BCUT2D eigenvalue weighted by molar-refractivity contribution is 0.847. The minimum Gasteiger partial charge on any atom is -0.245 e. The minimum absolute atomic E-state index is 1.01. The maximum atomic E-state index is 4.29. The van der Waals surface area contributed by atoms with Crippen molar-refractivity contribution in [2.75, 3.05) is 0 Å². The summed E-state index contributed by atoms with van der Waals surface area (Å²) in [5.74, 6) is 0. The first-order valence-corrected chi connectivity index (χ1v) is 5.40. The summed E-state index contributed by atoms with van der Waals surface area (Å²) in [4.78, 5) is 4.29. The first-order valence-electron chi connectivity index (χ1n) is 4.52. The second-order valence-electron chi connectivity index (χ2n) is 3.07. The van der Waals surface area contributed by atoms with E-state index in [0.717, 1.165) is 24.8 Å². The van der Waals surface area contributed by atoms with Crippen molar-refractivity contribution >= 4 is 21.6 Å². The molecule has 0 aliphatic heterocycles. The molecule has 0 amide bonds. The van der Waals surface area contributed by atoms with E-state index in [0.29, 0.717) is 0 Å². The van der Waals surface area contributed by atoms with E-state index in [1.165, 1.54) is 10.3 Å². The topological polar surface area (TPSA) is 12.9 Å². The van der Waals surface area contributed by atoms with Gasteiger partial charge in [0.15, 0.2) is 0 Å². The average molecular weight is 190 g/mol. The number of benzene rings is 1. The van der Waals surface area contributed by atoms with E-state index in [1.807, 2.05) is 5.51 Å². The first kappa shape index (κ1) is 8.70. The predicted molar refractivity (Wildman–Crippen MR) is 57.9 cm³/mol. The Morgan fingerprint density at radius 3 is 3.15 bits per heavy atom. The van der Waals surface area contributed by atoms with Crippen molar-refractivity contribution in [3.8, 4) is 0 Å². The van der Waals surface area contributed by atoms with Gasteiger partial charge in [0.05, 0.1) is 15.7 Å². The van der Waals surface area contributed by atoms with Crippen LogP contribution in [0.3, 0.4) is 0 Å². The largest absolute Gasteiger partial charge is 0.245 e. The van der Waals surface area contributed by atoms with Gasteiger partial charge in [0.25, 0.3) is 0 Å². The van der Waals surface area contributed by atoms with Crippen LogP contribution in [0.1, 0.15) is 18.4 Å². The molecule has 2 aromatic rings. The van der Waals surface area contributed by atoms with Crippen LogP contribution >= 0.6 is 11.3 Å². The molecule has 0 unspecified atom stereocenters. The van der Waals surface area contributed by atoms with Gasteiger partial charge in [0.2, 0.25) is 0 Å². The Morgan fingerprint density at radius 2 is 2.31 bits per heavy atom. The molecule has 0 bridgehead atoms. The smallest absolute Gasteiger partial charge is 0.0814 e. The summed E-state index contributed by atoms with van der Waals surface area (Å²) in [6.07, 6.45) is 3.30. The average Bonchev–Trinajstić information content (AvgIpc) is 2.62. The maximum Gasteiger partial charge on any atom is 0.0814 e. The van der Waals surface area contributed by atoms with E-state index < -0.39 is 0 Å². The highest BCUT2D eigenvalue weighted by molar-refractivity contribution is 7.16. The summed E-state index contributed by atoms with van der Waals surface area (Å²) < 4.78 is 1.34. The second kappa shape index (κ2) is 3.88. The third-order valence-corrected chi connectivity index (χ3v) is 3.05. The Balaban J connectivity index is 2.37. The zero-order chi connectivity index (χ0) is 9.10. The fourth-order valence-corrected chi connectivity index (χ4v) is 2.29. The molecule has 0 N–H and O–H groups in total. The Labute approximate surface area is 82.4 Å². The molecular formula is C11H12NS. The summed E-state index contributed by atoms with van der Waals surface area (Å²) >= 11 is 1.73. The van der Waals surface area contributed by atoms with Gasteiger partial charge in [-0.3, -0.25) is 0 Å². The lowest BCUT2D eigenvalue weighted by Gasteiger charge is -1.99. The molecular weight excluding hydrogens is 178 g/mol. The van der Waals surface area contributed by atoms with E-state index in [9.17, 15) is 0 Å². The van der Waals surface area contributed by atoms with Crippen molar-refractivity contribution in [1.29, 1.82) is 0 Å². The molecule has 0 aliphatic rings. The van der Waals surface area contributed by atoms with E-state index in [2.05, 4.69) is 30.1 Å². The standard InChI is InChI=1S/C11H12NS/c1-2-3-5-9-6-4-7-10-11(9)13-8-12-10/h4,6-8H,1-3,5H2. The Hall–Kier alpha value is -0.890. The lowest BCUT2D eigenvalue weighted by Crippen LogP contribution is -1.84. The SMILES string of the molecule is [CH2]CCCc1cccc2ncsc12. The van der Waals surface area contributed by atoms with Gasteiger partial charge in [-0.1, -0.05) is 25.5 Å². The number of hydrogen-bond donors (Lipinski definition) is 0. The van der Waals surface area contributed by atoms with Crippen molar-refractivity contribution in [1.82, 2.24) is 4.98 Å². The molecule has 0 saturated carbocycles. The third-order valence-electron chi connectivity index (χ3n) is 2.13. The first-order chi connectivity index (χ1) is 6.42. The number of rotatable bonds is 3. The molecule has 0 spiro atoms. The highest BCUT2D eigenvalue weighted by atomic mass is 32.1. The van der Waals surface area contributed by atoms with Crippen LogP contribution in [0.4, 0.5) is 0 Å². The van der Waals surface area contributed by atoms with E-state index >= 15 is 0 Å². The van der Waals surface area contributed by atoms with Crippen LogP contribution in [-0.4, -0.2) is 4.98 Å². The van der Waals surface area contributed by atoms with Gasteiger partial charge in [-0.15, -0.1) is 11.3 Å². The molecule has 1 radical (unpaired) electrons. The molecule has 2 rings (SSSR count). The van der Waals surface area contributed by atoms with Crippen molar-refractivity contribution in [2.24, 2.45) is 0 Å².